The molecule has 0 saturated heterocycles. The van der Waals surface area contributed by atoms with Gasteiger partial charge in [0.15, 0.2) is 0 Å². The highest BCUT2D eigenvalue weighted by Crippen LogP contribution is 1.92. The fourth-order valence-corrected chi connectivity index (χ4v) is 1.46. The topological polar surface area (TPSA) is 181 Å². The number of esters is 2. The zero-order valence-electron chi connectivity index (χ0n) is 15.7. The van der Waals surface area contributed by atoms with Crippen molar-refractivity contribution in [2.75, 3.05) is 33.9 Å². The highest BCUT2D eigenvalue weighted by atomic mass is 16.5. The van der Waals surface area contributed by atoms with Gasteiger partial charge in [0, 0.05) is 5.57 Å². The molecular weight excluding hydrogens is 378 g/mol. The summed E-state index contributed by atoms with van der Waals surface area (Å²) in [6, 6.07) is -1.67. The molecule has 0 aromatic carbocycles. The van der Waals surface area contributed by atoms with Crippen LogP contribution in [0.5, 0.6) is 0 Å². The Morgan fingerprint density at radius 1 is 0.821 bits per heavy atom. The minimum Gasteiger partial charge on any atom is -0.467 e. The van der Waals surface area contributed by atoms with E-state index in [2.05, 4.69) is 37.5 Å². The number of ether oxygens (including phenoxy) is 2. The first kappa shape index (κ1) is 24.5. The first-order valence-electron chi connectivity index (χ1n) is 7.79. The predicted octanol–water partition coefficient (Wildman–Crippen LogP) is -3.75. The van der Waals surface area contributed by atoms with E-state index < -0.39 is 54.7 Å². The largest absolute Gasteiger partial charge is 0.467 e. The highest BCUT2D eigenvalue weighted by Gasteiger charge is 2.30. The van der Waals surface area contributed by atoms with E-state index in [9.17, 15) is 28.8 Å². The Labute approximate surface area is 160 Å². The molecule has 0 spiro atoms. The van der Waals surface area contributed by atoms with Gasteiger partial charge in [0.05, 0.1) is 33.9 Å². The molecule has 0 saturated carbocycles. The van der Waals surface area contributed by atoms with Gasteiger partial charge >= 0.3 is 11.9 Å². The molecule has 0 aromatic rings. The third-order valence-electron chi connectivity index (χ3n) is 2.91. The smallest absolute Gasteiger partial charge is 0.340 e. The average molecular weight is 401 g/mol. The van der Waals surface area contributed by atoms with E-state index >= 15 is 0 Å². The second-order valence-corrected chi connectivity index (χ2v) is 5.19. The summed E-state index contributed by atoms with van der Waals surface area (Å²) in [5.41, 5.74) is 4.79. The van der Waals surface area contributed by atoms with Gasteiger partial charge in [0.1, 0.15) is 0 Å². The van der Waals surface area contributed by atoms with E-state index in [1.54, 1.807) is 0 Å². The van der Waals surface area contributed by atoms with Crippen LogP contribution in [0.4, 0.5) is 0 Å². The lowest BCUT2D eigenvalue weighted by atomic mass is 10.3. The Kier molecular flexibility index (Phi) is 11.2. The van der Waals surface area contributed by atoms with E-state index in [1.165, 1.54) is 6.92 Å². The molecule has 0 aliphatic rings. The molecule has 0 aliphatic carbocycles. The third kappa shape index (κ3) is 9.86. The summed E-state index contributed by atoms with van der Waals surface area (Å²) in [7, 11) is 2.04. The van der Waals surface area contributed by atoms with E-state index in [0.29, 0.717) is 0 Å². The number of carbonyl (C=O) groups excluding carboxylic acids is 6. The lowest BCUT2D eigenvalue weighted by Gasteiger charge is -2.14. The van der Waals surface area contributed by atoms with Crippen LogP contribution < -0.4 is 26.8 Å². The molecule has 156 valence electrons. The number of rotatable bonds is 11. The van der Waals surface area contributed by atoms with Crippen LogP contribution in [-0.4, -0.2) is 75.5 Å². The number of amides is 4. The molecule has 28 heavy (non-hydrogen) atoms. The van der Waals surface area contributed by atoms with Crippen LogP contribution in [0.3, 0.4) is 0 Å². The average Bonchev–Trinajstić information content (AvgIpc) is 2.67. The van der Waals surface area contributed by atoms with Crippen LogP contribution in [-0.2, 0) is 38.2 Å². The molecule has 0 bridgehead atoms. The maximum absolute atomic E-state index is 11.7. The third-order valence-corrected chi connectivity index (χ3v) is 2.91. The summed E-state index contributed by atoms with van der Waals surface area (Å²) >= 11 is 0. The number of hydrogen-bond donors (Lipinski definition) is 5. The molecule has 13 heteroatoms. The van der Waals surface area contributed by atoms with Crippen LogP contribution in [0.2, 0.25) is 0 Å². The summed E-state index contributed by atoms with van der Waals surface area (Å²) in [5, 5.41) is 6.45. The van der Waals surface area contributed by atoms with Gasteiger partial charge in [-0.2, -0.15) is 0 Å². The highest BCUT2D eigenvalue weighted by molar-refractivity contribution is 6.02. The first-order chi connectivity index (χ1) is 13.1. The van der Waals surface area contributed by atoms with E-state index in [1.807, 2.05) is 5.32 Å². The fraction of sp³-hybridized carbons (Fsp3) is 0.467. The molecule has 0 unspecified atom stereocenters. The Balaban J connectivity index is 4.19. The molecule has 0 rings (SSSR count). The molecule has 0 aromatic heterocycles. The molecule has 5 N–H and O–H groups in total. The number of hydrazine groups is 1. The van der Waals surface area contributed by atoms with E-state index in [-0.39, 0.29) is 12.1 Å². The second-order valence-electron chi connectivity index (χ2n) is 5.19. The molecule has 0 heterocycles. The van der Waals surface area contributed by atoms with Crippen molar-refractivity contribution < 1.29 is 38.2 Å². The summed E-state index contributed by atoms with van der Waals surface area (Å²) in [6.07, 6.45) is 0. The van der Waals surface area contributed by atoms with Crippen LogP contribution in [0.25, 0.3) is 0 Å². The number of methoxy groups -OCH3 is 2. The second kappa shape index (κ2) is 12.8. The monoisotopic (exact) mass is 401 g/mol. The van der Waals surface area contributed by atoms with Crippen molar-refractivity contribution in [3.05, 3.63) is 12.2 Å². The molecular formula is C15H23N5O8. The standard InChI is InChI=1S/C15H23N5O8/c1-8(2)13(24)20-18-7-10(22)16-5-9(21)17-6-11(23)19-12(14(25)27-3)15(26)28-4/h12,18H,1,5-7H2,2-4H3,(H,16,22)(H,17,21)(H,19,23)(H,20,24). The van der Waals surface area contributed by atoms with Gasteiger partial charge in [-0.1, -0.05) is 6.58 Å². The van der Waals surface area contributed by atoms with Crippen LogP contribution in [0.15, 0.2) is 12.2 Å². The van der Waals surface area contributed by atoms with Crippen LogP contribution in [0, 0.1) is 0 Å². The molecule has 0 radical (unpaired) electrons. The van der Waals surface area contributed by atoms with Crippen LogP contribution >= 0.6 is 0 Å². The molecule has 0 aliphatic heterocycles. The van der Waals surface area contributed by atoms with Crippen molar-refractivity contribution in [3.8, 4) is 0 Å². The van der Waals surface area contributed by atoms with Gasteiger partial charge in [0.25, 0.3) is 5.91 Å². The lowest BCUT2D eigenvalue weighted by Crippen LogP contribution is -2.51. The minimum absolute atomic E-state index is 0.243. The van der Waals surface area contributed by atoms with Gasteiger partial charge in [-0.25, -0.2) is 15.0 Å². The van der Waals surface area contributed by atoms with Gasteiger partial charge in [-0.3, -0.25) is 24.6 Å². The van der Waals surface area contributed by atoms with E-state index in [0.717, 1.165) is 14.2 Å². The Hall–Kier alpha value is -3.48. The van der Waals surface area contributed by atoms with Gasteiger partial charge in [0.2, 0.25) is 23.8 Å². The van der Waals surface area contributed by atoms with Gasteiger partial charge in [-0.15, -0.1) is 0 Å². The number of hydrogen-bond acceptors (Lipinski definition) is 9. The fourth-order valence-electron chi connectivity index (χ4n) is 1.46. The van der Waals surface area contributed by atoms with E-state index in [4.69, 9.17) is 0 Å². The van der Waals surface area contributed by atoms with Crippen molar-refractivity contribution in [3.63, 3.8) is 0 Å². The molecule has 0 atom stereocenters. The normalized spacial score (nSPS) is 9.71. The first-order valence-corrected chi connectivity index (χ1v) is 7.79. The maximum Gasteiger partial charge on any atom is 0.340 e. The summed E-state index contributed by atoms with van der Waals surface area (Å²) in [6.45, 7) is 3.58. The lowest BCUT2D eigenvalue weighted by molar-refractivity contribution is -0.156. The zero-order chi connectivity index (χ0) is 21.7. The molecule has 4 amide bonds. The van der Waals surface area contributed by atoms with Gasteiger partial charge < -0.3 is 25.4 Å². The SMILES string of the molecule is C=C(C)C(=O)NNCC(=O)NCC(=O)NCC(=O)NC(C(=O)OC)C(=O)OC. The number of nitrogens with one attached hydrogen (secondary N) is 5. The summed E-state index contributed by atoms with van der Waals surface area (Å²) in [5.74, 6) is -4.73. The van der Waals surface area contributed by atoms with Gasteiger partial charge in [-0.05, 0) is 6.92 Å². The minimum atomic E-state index is -1.67. The quantitative estimate of drug-likeness (QED) is 0.100. The van der Waals surface area contributed by atoms with Crippen molar-refractivity contribution in [1.29, 1.82) is 0 Å². The Morgan fingerprint density at radius 3 is 1.75 bits per heavy atom. The Bertz CT molecular complexity index is 632. The molecule has 0 fully saturated rings. The summed E-state index contributed by atoms with van der Waals surface area (Å²) in [4.78, 5) is 68.8. The van der Waals surface area contributed by atoms with Crippen LogP contribution in [0.1, 0.15) is 6.92 Å². The number of carbonyl (C=O) groups is 6. The molecule has 13 nitrogen and oxygen atoms in total. The predicted molar refractivity (Wildman–Crippen MR) is 92.9 cm³/mol. The van der Waals surface area contributed by atoms with Crippen molar-refractivity contribution in [2.24, 2.45) is 0 Å². The Morgan fingerprint density at radius 2 is 1.29 bits per heavy atom. The maximum atomic E-state index is 11.7. The van der Waals surface area contributed by atoms with Crippen molar-refractivity contribution in [2.45, 2.75) is 13.0 Å². The van der Waals surface area contributed by atoms with Crippen molar-refractivity contribution >= 4 is 35.6 Å². The summed E-state index contributed by atoms with van der Waals surface area (Å²) < 4.78 is 8.72. The van der Waals surface area contributed by atoms with Crippen molar-refractivity contribution in [1.82, 2.24) is 26.8 Å². The zero-order valence-corrected chi connectivity index (χ0v) is 15.7.